The lowest BCUT2D eigenvalue weighted by molar-refractivity contribution is 0.0894. The molecular formula is C12H19NO3. The molecule has 1 amide bonds. The minimum atomic E-state index is -0.177. The van der Waals surface area contributed by atoms with Gasteiger partial charge in [0, 0.05) is 13.2 Å². The largest absolute Gasteiger partial charge is 0.453 e. The van der Waals surface area contributed by atoms with Gasteiger partial charge in [0.25, 0.3) is 5.91 Å². The molecule has 4 heteroatoms. The zero-order chi connectivity index (χ0) is 12.1. The Hall–Kier alpha value is -1.29. The van der Waals surface area contributed by atoms with Crippen LogP contribution in [0.2, 0.25) is 0 Å². The Bertz CT molecular complexity index is 344. The van der Waals surface area contributed by atoms with Crippen molar-refractivity contribution in [3.63, 3.8) is 0 Å². The van der Waals surface area contributed by atoms with Gasteiger partial charge >= 0.3 is 0 Å². The van der Waals surface area contributed by atoms with Gasteiger partial charge in [0.15, 0.2) is 5.76 Å². The van der Waals surface area contributed by atoms with E-state index in [1.807, 2.05) is 6.92 Å². The van der Waals surface area contributed by atoms with Gasteiger partial charge in [0.2, 0.25) is 0 Å². The highest BCUT2D eigenvalue weighted by molar-refractivity contribution is 5.91. The summed E-state index contributed by atoms with van der Waals surface area (Å²) in [6.45, 7) is 6.47. The predicted octanol–water partition coefficient (Wildman–Crippen LogP) is 2.20. The molecular weight excluding hydrogens is 206 g/mol. The second-order valence-corrected chi connectivity index (χ2v) is 4.21. The summed E-state index contributed by atoms with van der Waals surface area (Å²) >= 11 is 0. The third-order valence-electron chi connectivity index (χ3n) is 2.53. The average molecular weight is 225 g/mol. The number of furan rings is 1. The van der Waals surface area contributed by atoms with Gasteiger partial charge < -0.3 is 14.5 Å². The molecule has 0 aliphatic heterocycles. The van der Waals surface area contributed by atoms with Crippen LogP contribution in [0.1, 0.15) is 37.1 Å². The fraction of sp³-hybridized carbons (Fsp3) is 0.583. The van der Waals surface area contributed by atoms with Crippen LogP contribution in [0.15, 0.2) is 16.5 Å². The van der Waals surface area contributed by atoms with E-state index in [9.17, 15) is 4.79 Å². The lowest BCUT2D eigenvalue weighted by Gasteiger charge is -2.16. The minimum absolute atomic E-state index is 0.128. The Morgan fingerprint density at radius 2 is 2.12 bits per heavy atom. The van der Waals surface area contributed by atoms with Crippen LogP contribution >= 0.6 is 0 Å². The number of amides is 1. The van der Waals surface area contributed by atoms with Gasteiger partial charge in [0.1, 0.15) is 12.4 Å². The van der Waals surface area contributed by atoms with Crippen LogP contribution in [0.3, 0.4) is 0 Å². The van der Waals surface area contributed by atoms with E-state index in [1.165, 1.54) is 0 Å². The highest BCUT2D eigenvalue weighted by atomic mass is 16.5. The van der Waals surface area contributed by atoms with E-state index in [0.29, 0.717) is 24.0 Å². The molecule has 0 aromatic carbocycles. The summed E-state index contributed by atoms with van der Waals surface area (Å²) in [5.74, 6) is 1.21. The number of rotatable bonds is 5. The minimum Gasteiger partial charge on any atom is -0.453 e. The lowest BCUT2D eigenvalue weighted by Crippen LogP contribution is -2.35. The number of nitrogens with one attached hydrogen (secondary N) is 1. The molecule has 4 nitrogen and oxygen atoms in total. The van der Waals surface area contributed by atoms with Gasteiger partial charge in [-0.15, -0.1) is 0 Å². The molecule has 1 N–H and O–H groups in total. The maximum atomic E-state index is 11.7. The van der Waals surface area contributed by atoms with Crippen LogP contribution in [0.4, 0.5) is 0 Å². The Balaban J connectivity index is 2.59. The molecule has 0 aliphatic carbocycles. The van der Waals surface area contributed by atoms with E-state index in [-0.39, 0.29) is 11.9 Å². The monoisotopic (exact) mass is 225 g/mol. The molecule has 1 unspecified atom stereocenters. The number of methoxy groups -OCH3 is 1. The molecule has 0 fully saturated rings. The summed E-state index contributed by atoms with van der Waals surface area (Å²) in [6, 6.07) is 3.54. The van der Waals surface area contributed by atoms with Crippen LogP contribution in [0, 0.1) is 5.92 Å². The molecule has 1 aromatic rings. The number of carbonyl (C=O) groups excluding carboxylic acids is 1. The molecule has 0 spiro atoms. The standard InChI is InChI=1S/C12H19NO3/c1-8(2)9(3)13-12(14)11-6-5-10(16-11)7-15-4/h5-6,8-9H,7H2,1-4H3,(H,13,14). The SMILES string of the molecule is COCc1ccc(C(=O)NC(C)C(C)C)o1. The van der Waals surface area contributed by atoms with Gasteiger partial charge in [-0.1, -0.05) is 13.8 Å². The molecule has 0 aliphatic rings. The van der Waals surface area contributed by atoms with Crippen LogP contribution < -0.4 is 5.32 Å². The topological polar surface area (TPSA) is 51.5 Å². The highest BCUT2D eigenvalue weighted by Crippen LogP contribution is 2.10. The zero-order valence-corrected chi connectivity index (χ0v) is 10.2. The molecule has 1 rings (SSSR count). The number of carbonyl (C=O) groups is 1. The zero-order valence-electron chi connectivity index (χ0n) is 10.2. The fourth-order valence-electron chi connectivity index (χ4n) is 1.16. The third kappa shape index (κ3) is 3.38. The second-order valence-electron chi connectivity index (χ2n) is 4.21. The Morgan fingerprint density at radius 3 is 2.69 bits per heavy atom. The van der Waals surface area contributed by atoms with E-state index in [1.54, 1.807) is 19.2 Å². The Labute approximate surface area is 96.0 Å². The van der Waals surface area contributed by atoms with Gasteiger partial charge in [-0.05, 0) is 25.0 Å². The van der Waals surface area contributed by atoms with Crippen LogP contribution in [-0.4, -0.2) is 19.1 Å². The van der Waals surface area contributed by atoms with Crippen molar-refractivity contribution in [3.8, 4) is 0 Å². The maximum Gasteiger partial charge on any atom is 0.287 e. The summed E-state index contributed by atoms with van der Waals surface area (Å²) in [4.78, 5) is 11.7. The van der Waals surface area contributed by atoms with Crippen molar-refractivity contribution in [2.45, 2.75) is 33.4 Å². The van der Waals surface area contributed by atoms with Crippen molar-refractivity contribution in [2.24, 2.45) is 5.92 Å². The van der Waals surface area contributed by atoms with Crippen molar-refractivity contribution >= 4 is 5.91 Å². The first-order valence-electron chi connectivity index (χ1n) is 5.43. The van der Waals surface area contributed by atoms with Crippen molar-refractivity contribution in [1.29, 1.82) is 0 Å². The predicted molar refractivity (Wildman–Crippen MR) is 61.2 cm³/mol. The van der Waals surface area contributed by atoms with E-state index in [0.717, 1.165) is 0 Å². The third-order valence-corrected chi connectivity index (χ3v) is 2.53. The van der Waals surface area contributed by atoms with E-state index >= 15 is 0 Å². The highest BCUT2D eigenvalue weighted by Gasteiger charge is 2.15. The molecule has 90 valence electrons. The first kappa shape index (κ1) is 12.8. The Morgan fingerprint density at radius 1 is 1.44 bits per heavy atom. The van der Waals surface area contributed by atoms with Gasteiger partial charge in [-0.2, -0.15) is 0 Å². The molecule has 0 radical (unpaired) electrons. The fourth-order valence-corrected chi connectivity index (χ4v) is 1.16. The normalized spacial score (nSPS) is 12.8. The molecule has 1 aromatic heterocycles. The lowest BCUT2D eigenvalue weighted by atomic mass is 10.1. The van der Waals surface area contributed by atoms with Crippen LogP contribution in [0.25, 0.3) is 0 Å². The summed E-state index contributed by atoms with van der Waals surface area (Å²) in [6.07, 6.45) is 0. The first-order chi connectivity index (χ1) is 7.54. The second kappa shape index (κ2) is 5.70. The summed E-state index contributed by atoms with van der Waals surface area (Å²) in [5.41, 5.74) is 0. The average Bonchev–Trinajstić information content (AvgIpc) is 2.66. The summed E-state index contributed by atoms with van der Waals surface area (Å²) in [5, 5.41) is 2.88. The van der Waals surface area contributed by atoms with Crippen molar-refractivity contribution < 1.29 is 13.9 Å². The van der Waals surface area contributed by atoms with E-state index < -0.39 is 0 Å². The summed E-state index contributed by atoms with van der Waals surface area (Å²) < 4.78 is 10.2. The molecule has 0 saturated heterocycles. The van der Waals surface area contributed by atoms with E-state index in [4.69, 9.17) is 9.15 Å². The smallest absolute Gasteiger partial charge is 0.287 e. The van der Waals surface area contributed by atoms with Gasteiger partial charge in [0.05, 0.1) is 0 Å². The van der Waals surface area contributed by atoms with Crippen LogP contribution in [0.5, 0.6) is 0 Å². The van der Waals surface area contributed by atoms with Gasteiger partial charge in [-0.3, -0.25) is 4.79 Å². The molecule has 0 saturated carbocycles. The van der Waals surface area contributed by atoms with Crippen molar-refractivity contribution in [2.75, 3.05) is 7.11 Å². The van der Waals surface area contributed by atoms with E-state index in [2.05, 4.69) is 19.2 Å². The number of hydrogen-bond acceptors (Lipinski definition) is 3. The molecule has 16 heavy (non-hydrogen) atoms. The molecule has 1 heterocycles. The maximum absolute atomic E-state index is 11.7. The van der Waals surface area contributed by atoms with Crippen LogP contribution in [-0.2, 0) is 11.3 Å². The quantitative estimate of drug-likeness (QED) is 0.835. The number of ether oxygens (including phenoxy) is 1. The summed E-state index contributed by atoms with van der Waals surface area (Å²) in [7, 11) is 1.59. The molecule has 0 bridgehead atoms. The van der Waals surface area contributed by atoms with Gasteiger partial charge in [-0.25, -0.2) is 0 Å². The van der Waals surface area contributed by atoms with Crippen molar-refractivity contribution in [3.05, 3.63) is 23.7 Å². The van der Waals surface area contributed by atoms with Crippen molar-refractivity contribution in [1.82, 2.24) is 5.32 Å². The molecule has 1 atom stereocenters. The first-order valence-corrected chi connectivity index (χ1v) is 5.43. The number of hydrogen-bond donors (Lipinski definition) is 1. The Kier molecular flexibility index (Phi) is 4.55.